The first kappa shape index (κ1) is 16.3. The lowest BCUT2D eigenvalue weighted by Gasteiger charge is -2.22. The minimum Gasteiger partial charge on any atom is -0.461 e. The van der Waals surface area contributed by atoms with Gasteiger partial charge in [-0.25, -0.2) is 4.98 Å². The average Bonchev–Trinajstić information content (AvgIpc) is 2.91. The van der Waals surface area contributed by atoms with Gasteiger partial charge >= 0.3 is 0 Å². The van der Waals surface area contributed by atoms with Crippen LogP contribution in [0.2, 0.25) is 0 Å². The third-order valence-corrected chi connectivity index (χ3v) is 4.23. The van der Waals surface area contributed by atoms with Crippen molar-refractivity contribution in [1.29, 1.82) is 0 Å². The van der Waals surface area contributed by atoms with Crippen molar-refractivity contribution in [1.82, 2.24) is 14.5 Å². The standard InChI is InChI=1S/C19H23N3O2/c1-4-9-14(5-2)23-18-12-17-16(13-20-18)21-19(22(17)3)24-15-10-7-6-8-11-15/h4-5,9,12-13,15H,1-2,6-8,10-11H2,3H3/b14-9+. The van der Waals surface area contributed by atoms with E-state index in [0.29, 0.717) is 17.6 Å². The molecule has 3 rings (SSSR count). The molecular formula is C19H23N3O2. The third-order valence-electron chi connectivity index (χ3n) is 4.23. The summed E-state index contributed by atoms with van der Waals surface area (Å²) in [5.41, 5.74) is 1.72. The molecule has 5 nitrogen and oxygen atoms in total. The fourth-order valence-corrected chi connectivity index (χ4v) is 2.93. The van der Waals surface area contributed by atoms with Gasteiger partial charge in [-0.15, -0.1) is 0 Å². The van der Waals surface area contributed by atoms with Crippen molar-refractivity contribution in [3.05, 3.63) is 49.4 Å². The predicted octanol–water partition coefficient (Wildman–Crippen LogP) is 4.31. The minimum absolute atomic E-state index is 0.265. The van der Waals surface area contributed by atoms with E-state index in [1.54, 1.807) is 24.4 Å². The molecule has 2 aromatic rings. The van der Waals surface area contributed by atoms with Gasteiger partial charge in [0.1, 0.15) is 17.4 Å². The van der Waals surface area contributed by atoms with Gasteiger partial charge in [-0.2, -0.15) is 4.98 Å². The summed E-state index contributed by atoms with van der Waals surface area (Å²) in [6.45, 7) is 7.38. The lowest BCUT2D eigenvalue weighted by atomic mass is 9.98. The van der Waals surface area contributed by atoms with Crippen LogP contribution in [0.4, 0.5) is 0 Å². The van der Waals surface area contributed by atoms with Crippen LogP contribution in [0.5, 0.6) is 11.9 Å². The molecule has 0 radical (unpaired) electrons. The number of aromatic nitrogens is 3. The summed E-state index contributed by atoms with van der Waals surface area (Å²) < 4.78 is 13.7. The second kappa shape index (κ2) is 7.34. The molecule has 24 heavy (non-hydrogen) atoms. The third kappa shape index (κ3) is 3.50. The largest absolute Gasteiger partial charge is 0.461 e. The Kier molecular flexibility index (Phi) is 4.99. The van der Waals surface area contributed by atoms with Crippen molar-refractivity contribution in [2.75, 3.05) is 0 Å². The molecule has 2 heterocycles. The van der Waals surface area contributed by atoms with E-state index in [0.717, 1.165) is 23.9 Å². The van der Waals surface area contributed by atoms with Crippen LogP contribution >= 0.6 is 0 Å². The van der Waals surface area contributed by atoms with Gasteiger partial charge in [0.2, 0.25) is 5.88 Å². The number of pyridine rings is 1. The molecule has 1 fully saturated rings. The molecule has 0 bridgehead atoms. The molecule has 0 atom stereocenters. The Balaban J connectivity index is 1.84. The first-order valence-electron chi connectivity index (χ1n) is 8.33. The first-order chi connectivity index (χ1) is 11.7. The normalized spacial score (nSPS) is 16.1. The maximum atomic E-state index is 6.09. The van der Waals surface area contributed by atoms with E-state index in [1.165, 1.54) is 19.3 Å². The number of imidazole rings is 1. The number of nitrogens with zero attached hydrogens (tertiary/aromatic N) is 3. The fraction of sp³-hybridized carbons (Fsp3) is 0.368. The van der Waals surface area contributed by atoms with Gasteiger partial charge in [0, 0.05) is 13.1 Å². The number of hydrogen-bond acceptors (Lipinski definition) is 4. The molecule has 126 valence electrons. The van der Waals surface area contributed by atoms with Gasteiger partial charge in [0.25, 0.3) is 6.01 Å². The van der Waals surface area contributed by atoms with Crippen LogP contribution in [0.15, 0.2) is 49.4 Å². The summed E-state index contributed by atoms with van der Waals surface area (Å²) in [7, 11) is 1.95. The van der Waals surface area contributed by atoms with Crippen molar-refractivity contribution in [3.63, 3.8) is 0 Å². The second-order valence-corrected chi connectivity index (χ2v) is 5.95. The maximum Gasteiger partial charge on any atom is 0.297 e. The van der Waals surface area contributed by atoms with Crippen LogP contribution in [0.3, 0.4) is 0 Å². The molecule has 1 aliphatic carbocycles. The number of ether oxygens (including phenoxy) is 2. The topological polar surface area (TPSA) is 49.2 Å². The molecule has 1 saturated carbocycles. The molecule has 2 aromatic heterocycles. The van der Waals surface area contributed by atoms with Gasteiger partial charge in [-0.05, 0) is 37.8 Å². The van der Waals surface area contributed by atoms with Crippen molar-refractivity contribution in [2.45, 2.75) is 38.2 Å². The number of aryl methyl sites for hydroxylation is 1. The van der Waals surface area contributed by atoms with Crippen LogP contribution in [0, 0.1) is 0 Å². The van der Waals surface area contributed by atoms with E-state index in [9.17, 15) is 0 Å². The molecule has 5 heteroatoms. The molecule has 0 aliphatic heterocycles. The van der Waals surface area contributed by atoms with Crippen LogP contribution in [0.25, 0.3) is 11.0 Å². The first-order valence-corrected chi connectivity index (χ1v) is 8.33. The Hall–Kier alpha value is -2.56. The fourth-order valence-electron chi connectivity index (χ4n) is 2.93. The number of rotatable bonds is 6. The number of fused-ring (bicyclic) bond motifs is 1. The van der Waals surface area contributed by atoms with Crippen LogP contribution in [0.1, 0.15) is 32.1 Å². The zero-order valence-electron chi connectivity index (χ0n) is 14.1. The number of hydrogen-bond donors (Lipinski definition) is 0. The molecule has 0 unspecified atom stereocenters. The highest BCUT2D eigenvalue weighted by Crippen LogP contribution is 2.27. The molecule has 1 aliphatic rings. The zero-order chi connectivity index (χ0) is 16.9. The molecule has 0 spiro atoms. The Morgan fingerprint density at radius 3 is 2.79 bits per heavy atom. The highest BCUT2D eigenvalue weighted by atomic mass is 16.5. The predicted molar refractivity (Wildman–Crippen MR) is 95.1 cm³/mol. The van der Waals surface area contributed by atoms with E-state index in [-0.39, 0.29) is 6.10 Å². The zero-order valence-corrected chi connectivity index (χ0v) is 14.1. The summed E-state index contributed by atoms with van der Waals surface area (Å²) in [6.07, 6.45) is 12.9. The molecule has 0 saturated heterocycles. The monoisotopic (exact) mass is 325 g/mol. The SMILES string of the molecule is C=C/C=C(\C=C)Oc1cc2c(cn1)nc(OC1CCCCC1)n2C. The van der Waals surface area contributed by atoms with Crippen molar-refractivity contribution < 1.29 is 9.47 Å². The smallest absolute Gasteiger partial charge is 0.297 e. The maximum absolute atomic E-state index is 6.09. The molecule has 0 aromatic carbocycles. The lowest BCUT2D eigenvalue weighted by molar-refractivity contribution is 0.138. The highest BCUT2D eigenvalue weighted by Gasteiger charge is 2.18. The number of allylic oxidation sites excluding steroid dienone is 3. The van der Waals surface area contributed by atoms with Gasteiger partial charge in [0.15, 0.2) is 0 Å². The average molecular weight is 325 g/mol. The minimum atomic E-state index is 0.265. The summed E-state index contributed by atoms with van der Waals surface area (Å²) in [5.74, 6) is 1.08. The second-order valence-electron chi connectivity index (χ2n) is 5.95. The van der Waals surface area contributed by atoms with E-state index in [4.69, 9.17) is 9.47 Å². The Labute approximate surface area is 142 Å². The lowest BCUT2D eigenvalue weighted by Crippen LogP contribution is -2.21. The van der Waals surface area contributed by atoms with Crippen molar-refractivity contribution >= 4 is 11.0 Å². The van der Waals surface area contributed by atoms with Crippen molar-refractivity contribution in [3.8, 4) is 11.9 Å². The Bertz CT molecular complexity index is 770. The van der Waals surface area contributed by atoms with E-state index < -0.39 is 0 Å². The molecule has 0 N–H and O–H groups in total. The quantitative estimate of drug-likeness (QED) is 0.586. The summed E-state index contributed by atoms with van der Waals surface area (Å²) in [6, 6.07) is 2.50. The Morgan fingerprint density at radius 1 is 1.29 bits per heavy atom. The highest BCUT2D eigenvalue weighted by molar-refractivity contribution is 5.76. The molecular weight excluding hydrogens is 302 g/mol. The van der Waals surface area contributed by atoms with E-state index in [1.807, 2.05) is 17.7 Å². The van der Waals surface area contributed by atoms with Crippen LogP contribution in [-0.4, -0.2) is 20.6 Å². The van der Waals surface area contributed by atoms with E-state index >= 15 is 0 Å². The van der Waals surface area contributed by atoms with Crippen LogP contribution < -0.4 is 9.47 Å². The van der Waals surface area contributed by atoms with Gasteiger partial charge in [-0.3, -0.25) is 4.57 Å². The summed E-state index contributed by atoms with van der Waals surface area (Å²) in [4.78, 5) is 8.86. The van der Waals surface area contributed by atoms with E-state index in [2.05, 4.69) is 23.1 Å². The Morgan fingerprint density at radius 2 is 2.08 bits per heavy atom. The van der Waals surface area contributed by atoms with Crippen LogP contribution in [-0.2, 0) is 7.05 Å². The van der Waals surface area contributed by atoms with Gasteiger partial charge in [0.05, 0.1) is 11.7 Å². The summed E-state index contributed by atoms with van der Waals surface area (Å²) in [5, 5.41) is 0. The summed E-state index contributed by atoms with van der Waals surface area (Å²) >= 11 is 0. The van der Waals surface area contributed by atoms with Crippen molar-refractivity contribution in [2.24, 2.45) is 7.05 Å². The van der Waals surface area contributed by atoms with Gasteiger partial charge < -0.3 is 9.47 Å². The molecule has 0 amide bonds. The van der Waals surface area contributed by atoms with Gasteiger partial charge in [-0.1, -0.05) is 25.7 Å².